The van der Waals surface area contributed by atoms with Crippen LogP contribution in [0.4, 0.5) is 0 Å². The van der Waals surface area contributed by atoms with Crippen LogP contribution in [-0.2, 0) is 4.79 Å². The maximum Gasteiger partial charge on any atom is 1.00 e. The van der Waals surface area contributed by atoms with E-state index in [9.17, 15) is 14.7 Å². The summed E-state index contributed by atoms with van der Waals surface area (Å²) >= 11 is 1.51. The molecule has 31 heavy (non-hydrogen) atoms. The molecule has 1 N–H and O–H groups in total. The normalized spacial score (nSPS) is 15.7. The molecule has 0 bridgehead atoms. The van der Waals surface area contributed by atoms with Gasteiger partial charge in [-0.3, -0.25) is 4.79 Å². The molecule has 0 radical (unpaired) electrons. The number of hydrogen-bond donors (Lipinski definition) is 1. The number of hydrogen-bond acceptors (Lipinski definition) is 5. The topological polar surface area (TPSA) is 79.7 Å². The number of amides is 1. The van der Waals surface area contributed by atoms with Crippen molar-refractivity contribution in [2.24, 2.45) is 0 Å². The first kappa shape index (κ1) is 23.5. The number of carbonyl (C=O) groups is 2. The Bertz CT molecular complexity index is 1050. The maximum atomic E-state index is 12.9. The van der Waals surface area contributed by atoms with Crippen LogP contribution in [0.3, 0.4) is 0 Å². The molecule has 4 rings (SSSR count). The Morgan fingerprint density at radius 1 is 1.16 bits per heavy atom. The van der Waals surface area contributed by atoms with Gasteiger partial charge in [0.25, 0.3) is 5.91 Å². The number of aromatic nitrogens is 1. The van der Waals surface area contributed by atoms with E-state index in [0.717, 1.165) is 35.5 Å². The number of para-hydroxylation sites is 1. The standard InChI is InChI=1S/C23H22N2O4S.Na.H/c26-21(14-29-18-9-2-1-3-10-18)25-12-5-4-11-20(25)22-24-19(15-30-22)16-7-6-8-17(13-16)23(27)28;;/h1-3,6-10,13,15,20H,4-5,11-12,14H2,(H,27,28);;/q;+1;-1. The average Bonchev–Trinajstić information content (AvgIpc) is 3.28. The summed E-state index contributed by atoms with van der Waals surface area (Å²) in [4.78, 5) is 30.7. The molecule has 1 aliphatic rings. The van der Waals surface area contributed by atoms with Gasteiger partial charge in [-0.2, -0.15) is 0 Å². The zero-order valence-electron chi connectivity index (χ0n) is 18.4. The smallest absolute Gasteiger partial charge is 1.00 e. The van der Waals surface area contributed by atoms with Crippen molar-refractivity contribution in [3.05, 3.63) is 70.5 Å². The first-order chi connectivity index (χ1) is 14.6. The van der Waals surface area contributed by atoms with E-state index in [-0.39, 0.29) is 55.1 Å². The number of carbonyl (C=O) groups excluding carboxylic acids is 1. The average molecular weight is 447 g/mol. The molecule has 2 aromatic carbocycles. The summed E-state index contributed by atoms with van der Waals surface area (Å²) in [6.07, 6.45) is 2.86. The van der Waals surface area contributed by atoms with Crippen molar-refractivity contribution in [3.8, 4) is 17.0 Å². The quantitative estimate of drug-likeness (QED) is 0.584. The summed E-state index contributed by atoms with van der Waals surface area (Å²) in [6, 6.07) is 16.0. The van der Waals surface area contributed by atoms with Gasteiger partial charge in [0.15, 0.2) is 6.61 Å². The van der Waals surface area contributed by atoms with Gasteiger partial charge >= 0.3 is 35.5 Å². The minimum Gasteiger partial charge on any atom is -1.00 e. The van der Waals surface area contributed by atoms with Crippen LogP contribution in [0, 0.1) is 0 Å². The van der Waals surface area contributed by atoms with Crippen molar-refractivity contribution in [1.82, 2.24) is 9.88 Å². The third-order valence-corrected chi connectivity index (χ3v) is 6.09. The van der Waals surface area contributed by atoms with Gasteiger partial charge in [-0.05, 0) is 43.5 Å². The molecule has 1 saturated heterocycles. The monoisotopic (exact) mass is 446 g/mol. The van der Waals surface area contributed by atoms with Gasteiger partial charge < -0.3 is 16.2 Å². The van der Waals surface area contributed by atoms with Crippen LogP contribution in [0.15, 0.2) is 60.0 Å². The molecular weight excluding hydrogens is 423 g/mol. The summed E-state index contributed by atoms with van der Waals surface area (Å²) in [5.41, 5.74) is 1.73. The third kappa shape index (κ3) is 5.74. The molecule has 2 heterocycles. The Hall–Kier alpha value is -2.19. The van der Waals surface area contributed by atoms with Crippen molar-refractivity contribution in [3.63, 3.8) is 0 Å². The van der Waals surface area contributed by atoms with Crippen molar-refractivity contribution in [2.45, 2.75) is 25.3 Å². The van der Waals surface area contributed by atoms with Crippen LogP contribution in [-0.4, -0.2) is 40.0 Å². The molecule has 0 spiro atoms. The van der Waals surface area contributed by atoms with Crippen molar-refractivity contribution < 1.29 is 50.4 Å². The van der Waals surface area contributed by atoms with E-state index in [2.05, 4.69) is 0 Å². The van der Waals surface area contributed by atoms with Gasteiger partial charge in [0.1, 0.15) is 10.8 Å². The number of carboxylic acids is 1. The van der Waals surface area contributed by atoms with Crippen LogP contribution >= 0.6 is 11.3 Å². The van der Waals surface area contributed by atoms with E-state index in [1.54, 1.807) is 18.2 Å². The zero-order valence-corrected chi connectivity index (χ0v) is 20.2. The summed E-state index contributed by atoms with van der Waals surface area (Å²) in [5.74, 6) is -0.336. The molecule has 1 fully saturated rings. The largest absolute Gasteiger partial charge is 1.00 e. The summed E-state index contributed by atoms with van der Waals surface area (Å²) < 4.78 is 5.65. The van der Waals surface area contributed by atoms with E-state index < -0.39 is 5.97 Å². The van der Waals surface area contributed by atoms with Crippen LogP contribution in [0.2, 0.25) is 0 Å². The molecule has 156 valence electrons. The number of ether oxygens (including phenoxy) is 1. The summed E-state index contributed by atoms with van der Waals surface area (Å²) in [6.45, 7) is 0.685. The predicted octanol–water partition coefficient (Wildman–Crippen LogP) is 1.76. The first-order valence-corrected chi connectivity index (χ1v) is 10.8. The summed E-state index contributed by atoms with van der Waals surface area (Å²) in [5, 5.41) is 12.0. The first-order valence-electron chi connectivity index (χ1n) is 9.88. The number of likely N-dealkylation sites (tertiary alicyclic amines) is 1. The minimum absolute atomic E-state index is 0. The predicted molar refractivity (Wildman–Crippen MR) is 116 cm³/mol. The fraction of sp³-hybridized carbons (Fsp3) is 0.261. The van der Waals surface area contributed by atoms with Crippen molar-refractivity contribution >= 4 is 23.2 Å². The summed E-state index contributed by atoms with van der Waals surface area (Å²) in [7, 11) is 0. The van der Waals surface area contributed by atoms with Gasteiger partial charge in [0.2, 0.25) is 0 Å². The Balaban J connectivity index is 0.00000181. The van der Waals surface area contributed by atoms with Crippen LogP contribution in [0.25, 0.3) is 11.3 Å². The fourth-order valence-electron chi connectivity index (χ4n) is 3.62. The van der Waals surface area contributed by atoms with Gasteiger partial charge in [-0.1, -0.05) is 30.3 Å². The molecule has 8 heteroatoms. The van der Waals surface area contributed by atoms with Gasteiger partial charge in [-0.15, -0.1) is 11.3 Å². The Labute approximate surface area is 208 Å². The van der Waals surface area contributed by atoms with Crippen molar-refractivity contribution in [2.75, 3.05) is 13.2 Å². The molecule has 3 aromatic rings. The Morgan fingerprint density at radius 2 is 1.97 bits per heavy atom. The van der Waals surface area contributed by atoms with E-state index in [4.69, 9.17) is 9.72 Å². The number of piperidine rings is 1. The molecule has 1 aromatic heterocycles. The van der Waals surface area contributed by atoms with Crippen LogP contribution < -0.4 is 34.3 Å². The van der Waals surface area contributed by atoms with Crippen LogP contribution in [0.5, 0.6) is 5.75 Å². The number of aromatic carboxylic acids is 1. The molecule has 1 amide bonds. The second kappa shape index (κ2) is 10.9. The molecule has 6 nitrogen and oxygen atoms in total. The molecule has 1 atom stereocenters. The van der Waals surface area contributed by atoms with E-state index in [1.807, 2.05) is 46.7 Å². The van der Waals surface area contributed by atoms with E-state index >= 15 is 0 Å². The Morgan fingerprint density at radius 3 is 2.74 bits per heavy atom. The third-order valence-electron chi connectivity index (χ3n) is 5.14. The van der Waals surface area contributed by atoms with E-state index in [1.165, 1.54) is 11.3 Å². The molecule has 1 unspecified atom stereocenters. The number of carboxylic acid groups (broad SMARTS) is 1. The van der Waals surface area contributed by atoms with Crippen molar-refractivity contribution in [1.29, 1.82) is 0 Å². The van der Waals surface area contributed by atoms with Gasteiger partial charge in [-0.25, -0.2) is 9.78 Å². The number of thiazole rings is 1. The maximum absolute atomic E-state index is 12.9. The Kier molecular flexibility index (Phi) is 8.26. The zero-order chi connectivity index (χ0) is 20.9. The molecule has 0 aliphatic carbocycles. The second-order valence-electron chi connectivity index (χ2n) is 7.16. The minimum atomic E-state index is -0.963. The fourth-order valence-corrected chi connectivity index (χ4v) is 4.59. The molecular formula is C23H23N2NaO4S. The number of rotatable bonds is 6. The van der Waals surface area contributed by atoms with E-state index in [0.29, 0.717) is 12.3 Å². The number of nitrogens with zero attached hydrogens (tertiary/aromatic N) is 2. The molecule has 1 aliphatic heterocycles. The van der Waals surface area contributed by atoms with Crippen LogP contribution in [0.1, 0.15) is 42.1 Å². The second-order valence-corrected chi connectivity index (χ2v) is 8.05. The van der Waals surface area contributed by atoms with Gasteiger partial charge in [0, 0.05) is 17.5 Å². The molecule has 0 saturated carbocycles. The SMILES string of the molecule is O=C(O)c1cccc(-c2csc(C3CCCCN3C(=O)COc3ccccc3)n2)c1.[H-].[Na+]. The number of benzene rings is 2. The van der Waals surface area contributed by atoms with Gasteiger partial charge in [0.05, 0.1) is 17.3 Å².